The molecule has 1 aromatic rings. The van der Waals surface area contributed by atoms with Crippen LogP contribution in [0.5, 0.6) is 0 Å². The van der Waals surface area contributed by atoms with Gasteiger partial charge in [-0.3, -0.25) is 0 Å². The number of nitrogens with zero attached hydrogens (tertiary/aromatic N) is 2. The zero-order valence-corrected chi connectivity index (χ0v) is 10.2. The molecule has 0 spiro atoms. The Morgan fingerprint density at radius 1 is 1.44 bits per heavy atom. The van der Waals surface area contributed by atoms with Crippen molar-refractivity contribution in [2.45, 2.75) is 19.3 Å². The summed E-state index contributed by atoms with van der Waals surface area (Å²) in [6, 6.07) is 0. The Hall–Kier alpha value is -0.580. The lowest BCUT2D eigenvalue weighted by molar-refractivity contribution is 0.253. The highest BCUT2D eigenvalue weighted by atomic mass is 35.5. The van der Waals surface area contributed by atoms with Crippen LogP contribution in [0, 0.1) is 5.41 Å². The maximum Gasteiger partial charge on any atom is 0.224 e. The molecule has 0 bridgehead atoms. The molecule has 6 heteroatoms. The quantitative estimate of drug-likeness (QED) is 0.800. The van der Waals surface area contributed by atoms with Gasteiger partial charge in [0, 0.05) is 13.2 Å². The third kappa shape index (κ3) is 2.75. The molecule has 1 aliphatic carbocycles. The second kappa shape index (κ2) is 4.73. The predicted molar refractivity (Wildman–Crippen MR) is 63.9 cm³/mol. The number of hydrogen-bond donors (Lipinski definition) is 2. The number of rotatable bonds is 5. The molecule has 2 N–H and O–H groups in total. The van der Waals surface area contributed by atoms with Gasteiger partial charge in [0.25, 0.3) is 0 Å². The van der Waals surface area contributed by atoms with Crippen LogP contribution in [0.15, 0.2) is 6.20 Å². The van der Waals surface area contributed by atoms with Crippen LogP contribution in [0.3, 0.4) is 0 Å². The van der Waals surface area contributed by atoms with Crippen LogP contribution in [0.2, 0.25) is 10.3 Å². The smallest absolute Gasteiger partial charge is 0.224 e. The Morgan fingerprint density at radius 2 is 2.19 bits per heavy atom. The Kier molecular flexibility index (Phi) is 3.52. The summed E-state index contributed by atoms with van der Waals surface area (Å²) in [6.07, 6.45) is 4.56. The van der Waals surface area contributed by atoms with Crippen LogP contribution in [0.4, 0.5) is 5.82 Å². The van der Waals surface area contributed by atoms with Gasteiger partial charge in [-0.1, -0.05) is 11.6 Å². The number of aliphatic hydroxyl groups excluding tert-OH is 1. The van der Waals surface area contributed by atoms with E-state index in [9.17, 15) is 0 Å². The molecule has 0 saturated heterocycles. The summed E-state index contributed by atoms with van der Waals surface area (Å²) >= 11 is 11.6. The van der Waals surface area contributed by atoms with E-state index in [4.69, 9.17) is 28.3 Å². The normalized spacial score (nSPS) is 17.2. The lowest BCUT2D eigenvalue weighted by Gasteiger charge is -2.15. The molecule has 2 rings (SSSR count). The van der Waals surface area contributed by atoms with Crippen molar-refractivity contribution in [3.8, 4) is 0 Å². The molecule has 0 aliphatic heterocycles. The summed E-state index contributed by atoms with van der Waals surface area (Å²) in [7, 11) is 0. The molecule has 0 aromatic carbocycles. The van der Waals surface area contributed by atoms with Crippen molar-refractivity contribution in [2.75, 3.05) is 18.5 Å². The van der Waals surface area contributed by atoms with E-state index in [1.807, 2.05) is 0 Å². The van der Waals surface area contributed by atoms with E-state index in [2.05, 4.69) is 15.3 Å². The average Bonchev–Trinajstić information content (AvgIpc) is 3.01. The first-order valence-electron chi connectivity index (χ1n) is 5.18. The van der Waals surface area contributed by atoms with Crippen LogP contribution >= 0.6 is 23.2 Å². The van der Waals surface area contributed by atoms with Crippen molar-refractivity contribution >= 4 is 29.0 Å². The summed E-state index contributed by atoms with van der Waals surface area (Å²) in [6.45, 7) is 0.987. The van der Waals surface area contributed by atoms with Crippen molar-refractivity contribution < 1.29 is 5.11 Å². The summed E-state index contributed by atoms with van der Waals surface area (Å²) in [5, 5.41) is 12.7. The fourth-order valence-electron chi connectivity index (χ4n) is 1.67. The molecule has 88 valence electrons. The molecular weight excluding hydrogens is 249 g/mol. The minimum absolute atomic E-state index is 0.180. The average molecular weight is 262 g/mol. The molecule has 1 saturated carbocycles. The molecule has 0 atom stereocenters. The fraction of sp³-hybridized carbons (Fsp3) is 0.600. The standard InChI is InChI=1S/C10H13Cl2N3O/c11-7-5-13-9(12)15-8(7)14-6-10(1-2-10)3-4-16/h5,16H,1-4,6H2,(H,13,14,15). The van der Waals surface area contributed by atoms with E-state index in [0.717, 1.165) is 25.8 Å². The van der Waals surface area contributed by atoms with E-state index in [-0.39, 0.29) is 17.3 Å². The van der Waals surface area contributed by atoms with Gasteiger partial charge in [0.15, 0.2) is 0 Å². The second-order valence-corrected chi connectivity index (χ2v) is 4.91. The number of aliphatic hydroxyl groups is 1. The maximum absolute atomic E-state index is 8.94. The first kappa shape index (κ1) is 11.9. The number of halogens is 2. The van der Waals surface area contributed by atoms with Crippen molar-refractivity contribution in [3.63, 3.8) is 0 Å². The van der Waals surface area contributed by atoms with Gasteiger partial charge in [-0.05, 0) is 36.3 Å². The van der Waals surface area contributed by atoms with E-state index < -0.39 is 0 Å². The van der Waals surface area contributed by atoms with Gasteiger partial charge in [0.2, 0.25) is 5.28 Å². The molecule has 1 heterocycles. The van der Waals surface area contributed by atoms with E-state index in [0.29, 0.717) is 10.8 Å². The van der Waals surface area contributed by atoms with Gasteiger partial charge in [0.05, 0.1) is 6.20 Å². The van der Waals surface area contributed by atoms with Crippen molar-refractivity contribution in [3.05, 3.63) is 16.5 Å². The van der Waals surface area contributed by atoms with Crippen molar-refractivity contribution in [2.24, 2.45) is 5.41 Å². The van der Waals surface area contributed by atoms with E-state index in [1.54, 1.807) is 0 Å². The van der Waals surface area contributed by atoms with Crippen LogP contribution in [0.1, 0.15) is 19.3 Å². The highest BCUT2D eigenvalue weighted by molar-refractivity contribution is 6.33. The topological polar surface area (TPSA) is 58.0 Å². The molecule has 1 aromatic heterocycles. The van der Waals surface area contributed by atoms with Gasteiger partial charge in [-0.15, -0.1) is 0 Å². The van der Waals surface area contributed by atoms with Gasteiger partial charge in [-0.2, -0.15) is 4.98 Å². The lowest BCUT2D eigenvalue weighted by Crippen LogP contribution is -2.17. The minimum Gasteiger partial charge on any atom is -0.396 e. The molecule has 0 unspecified atom stereocenters. The third-order valence-electron chi connectivity index (χ3n) is 2.94. The summed E-state index contributed by atoms with van der Waals surface area (Å²) in [5.74, 6) is 0.561. The van der Waals surface area contributed by atoms with Crippen molar-refractivity contribution in [1.82, 2.24) is 9.97 Å². The molecule has 4 nitrogen and oxygen atoms in total. The summed E-state index contributed by atoms with van der Waals surface area (Å²) in [5.41, 5.74) is 0.218. The van der Waals surface area contributed by atoms with E-state index in [1.165, 1.54) is 6.20 Å². The first-order valence-corrected chi connectivity index (χ1v) is 5.94. The van der Waals surface area contributed by atoms with Crippen molar-refractivity contribution in [1.29, 1.82) is 0 Å². The molecular formula is C10H13Cl2N3O. The zero-order chi connectivity index (χ0) is 11.6. The monoisotopic (exact) mass is 261 g/mol. The number of hydrogen-bond acceptors (Lipinski definition) is 4. The van der Waals surface area contributed by atoms with Gasteiger partial charge < -0.3 is 10.4 Å². The number of anilines is 1. The SMILES string of the molecule is OCCC1(CNc2nc(Cl)ncc2Cl)CC1. The molecule has 1 aliphatic rings. The van der Waals surface area contributed by atoms with Gasteiger partial charge >= 0.3 is 0 Å². The number of aromatic nitrogens is 2. The fourth-order valence-corrected chi connectivity index (χ4v) is 1.96. The zero-order valence-electron chi connectivity index (χ0n) is 8.71. The largest absolute Gasteiger partial charge is 0.396 e. The van der Waals surface area contributed by atoms with Gasteiger partial charge in [-0.25, -0.2) is 4.98 Å². The Bertz CT molecular complexity index is 382. The van der Waals surface area contributed by atoms with Crippen LogP contribution in [-0.2, 0) is 0 Å². The third-order valence-corrected chi connectivity index (χ3v) is 3.40. The van der Waals surface area contributed by atoms with Crippen LogP contribution < -0.4 is 5.32 Å². The Labute approximate surface area is 104 Å². The molecule has 0 radical (unpaired) electrons. The molecule has 1 fully saturated rings. The number of nitrogens with one attached hydrogen (secondary N) is 1. The van der Waals surface area contributed by atoms with Crippen LogP contribution in [-0.4, -0.2) is 28.2 Å². The molecule has 0 amide bonds. The Balaban J connectivity index is 1.97. The maximum atomic E-state index is 8.94. The second-order valence-electron chi connectivity index (χ2n) is 4.16. The summed E-state index contributed by atoms with van der Waals surface area (Å²) < 4.78 is 0. The lowest BCUT2D eigenvalue weighted by atomic mass is 10.0. The van der Waals surface area contributed by atoms with Crippen LogP contribution in [0.25, 0.3) is 0 Å². The first-order chi connectivity index (χ1) is 7.65. The minimum atomic E-state index is 0.180. The molecule has 16 heavy (non-hydrogen) atoms. The highest BCUT2D eigenvalue weighted by Gasteiger charge is 2.41. The Morgan fingerprint density at radius 3 is 2.81 bits per heavy atom. The van der Waals surface area contributed by atoms with E-state index >= 15 is 0 Å². The highest BCUT2D eigenvalue weighted by Crippen LogP contribution is 2.48. The summed E-state index contributed by atoms with van der Waals surface area (Å²) in [4.78, 5) is 7.79. The predicted octanol–water partition coefficient (Wildman–Crippen LogP) is 2.36. The van der Waals surface area contributed by atoms with Gasteiger partial charge in [0.1, 0.15) is 10.8 Å².